The summed E-state index contributed by atoms with van der Waals surface area (Å²) >= 11 is 0. The summed E-state index contributed by atoms with van der Waals surface area (Å²) in [6, 6.07) is 30.8. The second kappa shape index (κ2) is 6.14. The van der Waals surface area contributed by atoms with Gasteiger partial charge in [0.05, 0.1) is 0 Å². The molecular formula is C22H19P. The van der Waals surface area contributed by atoms with Crippen LogP contribution in [0.25, 0.3) is 5.57 Å². The van der Waals surface area contributed by atoms with Crippen molar-refractivity contribution in [3.8, 4) is 0 Å². The Morgan fingerprint density at radius 3 is 1.78 bits per heavy atom. The number of allylic oxidation sites excluding steroid dienone is 2. The van der Waals surface area contributed by atoms with Gasteiger partial charge < -0.3 is 0 Å². The second-order valence-corrected chi connectivity index (χ2v) is 8.25. The van der Waals surface area contributed by atoms with E-state index in [9.17, 15) is 0 Å². The molecule has 23 heavy (non-hydrogen) atoms. The Balaban J connectivity index is 1.88. The van der Waals surface area contributed by atoms with Crippen molar-refractivity contribution in [3.63, 3.8) is 0 Å². The van der Waals surface area contributed by atoms with Gasteiger partial charge in [-0.1, -0.05) is 91.0 Å². The van der Waals surface area contributed by atoms with Gasteiger partial charge >= 0.3 is 0 Å². The third-order valence-electron chi connectivity index (χ3n) is 4.46. The first-order valence-corrected chi connectivity index (χ1v) is 9.43. The molecule has 0 saturated carbocycles. The van der Waals surface area contributed by atoms with Crippen molar-refractivity contribution in [3.05, 3.63) is 102 Å². The number of rotatable bonds is 3. The Labute approximate surface area is 139 Å². The van der Waals surface area contributed by atoms with E-state index >= 15 is 0 Å². The molecular weight excluding hydrogens is 295 g/mol. The average molecular weight is 314 g/mol. The molecule has 1 atom stereocenters. The molecule has 3 aromatic carbocycles. The number of benzene rings is 3. The van der Waals surface area contributed by atoms with E-state index in [1.54, 1.807) is 0 Å². The molecule has 0 aromatic heterocycles. The summed E-state index contributed by atoms with van der Waals surface area (Å²) in [5.74, 6) is 0. The van der Waals surface area contributed by atoms with Crippen LogP contribution in [0.2, 0.25) is 0 Å². The number of fused-ring (bicyclic) bond motifs is 1. The number of hydrogen-bond donors (Lipinski definition) is 0. The van der Waals surface area contributed by atoms with E-state index in [0.29, 0.717) is 5.66 Å². The van der Waals surface area contributed by atoms with Gasteiger partial charge in [0.25, 0.3) is 0 Å². The maximum absolute atomic E-state index is 2.47. The standard InChI is InChI=1S/C22H19P/c1-17-16-22(21-15-9-8-14-20(17)21)23(18-10-4-2-5-11-18)19-12-6-3-7-13-19/h2-16,22H,1H3. The SMILES string of the molecule is CC1=CC(P(c2ccccc2)c2ccccc2)c2ccccc21. The quantitative estimate of drug-likeness (QED) is 0.577. The minimum absolute atomic E-state index is 0.442. The summed E-state index contributed by atoms with van der Waals surface area (Å²) in [5, 5.41) is 2.89. The third kappa shape index (κ3) is 2.64. The monoisotopic (exact) mass is 314 g/mol. The van der Waals surface area contributed by atoms with E-state index in [-0.39, 0.29) is 0 Å². The van der Waals surface area contributed by atoms with Crippen molar-refractivity contribution in [2.45, 2.75) is 12.6 Å². The van der Waals surface area contributed by atoms with E-state index in [1.807, 2.05) is 0 Å². The van der Waals surface area contributed by atoms with Crippen molar-refractivity contribution in [1.82, 2.24) is 0 Å². The zero-order chi connectivity index (χ0) is 15.6. The highest BCUT2D eigenvalue weighted by molar-refractivity contribution is 7.73. The van der Waals surface area contributed by atoms with Crippen LogP contribution in [0.1, 0.15) is 23.7 Å². The maximum Gasteiger partial charge on any atom is 0.0313 e. The fraction of sp³-hybridized carbons (Fsp3) is 0.0909. The first-order valence-electron chi connectivity index (χ1n) is 8.01. The van der Waals surface area contributed by atoms with Crippen LogP contribution in [0.15, 0.2) is 91.0 Å². The Kier molecular flexibility index (Phi) is 3.85. The van der Waals surface area contributed by atoms with E-state index in [1.165, 1.54) is 27.3 Å². The Morgan fingerprint density at radius 1 is 0.652 bits per heavy atom. The van der Waals surface area contributed by atoms with Crippen molar-refractivity contribution >= 4 is 24.1 Å². The van der Waals surface area contributed by atoms with Gasteiger partial charge in [0.1, 0.15) is 0 Å². The molecule has 3 aromatic rings. The van der Waals surface area contributed by atoms with E-state index < -0.39 is 7.92 Å². The minimum Gasteiger partial charge on any atom is -0.0686 e. The fourth-order valence-electron chi connectivity index (χ4n) is 3.39. The Bertz CT molecular complexity index is 795. The highest BCUT2D eigenvalue weighted by Crippen LogP contribution is 2.55. The molecule has 0 spiro atoms. The molecule has 1 unspecified atom stereocenters. The lowest BCUT2D eigenvalue weighted by Crippen LogP contribution is -2.15. The first kappa shape index (κ1) is 14.4. The van der Waals surface area contributed by atoms with Gasteiger partial charge in [-0.2, -0.15) is 0 Å². The zero-order valence-electron chi connectivity index (χ0n) is 13.2. The molecule has 0 fully saturated rings. The van der Waals surface area contributed by atoms with Gasteiger partial charge in [-0.25, -0.2) is 0 Å². The van der Waals surface area contributed by atoms with Crippen LogP contribution in [0, 0.1) is 0 Å². The summed E-state index contributed by atoms with van der Waals surface area (Å²) < 4.78 is 0. The maximum atomic E-state index is 2.47. The molecule has 1 heteroatoms. The fourth-order valence-corrected chi connectivity index (χ4v) is 6.19. The predicted molar refractivity (Wildman–Crippen MR) is 102 cm³/mol. The highest BCUT2D eigenvalue weighted by atomic mass is 31.1. The van der Waals surface area contributed by atoms with Gasteiger partial charge in [-0.15, -0.1) is 0 Å². The predicted octanol–water partition coefficient (Wildman–Crippen LogP) is 5.28. The molecule has 0 bridgehead atoms. The van der Waals surface area contributed by atoms with Crippen LogP contribution < -0.4 is 10.6 Å². The molecule has 0 aliphatic heterocycles. The first-order chi connectivity index (χ1) is 11.3. The summed E-state index contributed by atoms with van der Waals surface area (Å²) in [7, 11) is -0.442. The normalized spacial score (nSPS) is 16.3. The lowest BCUT2D eigenvalue weighted by molar-refractivity contribution is 1.25. The minimum atomic E-state index is -0.442. The third-order valence-corrected chi connectivity index (χ3v) is 7.15. The molecule has 0 nitrogen and oxygen atoms in total. The molecule has 112 valence electrons. The van der Waals surface area contributed by atoms with E-state index in [0.717, 1.165) is 0 Å². The van der Waals surface area contributed by atoms with Crippen molar-refractivity contribution in [2.24, 2.45) is 0 Å². The smallest absolute Gasteiger partial charge is 0.0313 e. The van der Waals surface area contributed by atoms with Crippen LogP contribution >= 0.6 is 7.92 Å². The van der Waals surface area contributed by atoms with Crippen molar-refractivity contribution in [2.75, 3.05) is 0 Å². The summed E-state index contributed by atoms with van der Waals surface area (Å²) in [5.41, 5.74) is 4.76. The van der Waals surface area contributed by atoms with Gasteiger partial charge in [0.2, 0.25) is 0 Å². The van der Waals surface area contributed by atoms with Crippen LogP contribution in [-0.2, 0) is 0 Å². The zero-order valence-corrected chi connectivity index (χ0v) is 14.1. The van der Waals surface area contributed by atoms with Crippen LogP contribution in [0.4, 0.5) is 0 Å². The summed E-state index contributed by atoms with van der Waals surface area (Å²) in [6.07, 6.45) is 2.47. The summed E-state index contributed by atoms with van der Waals surface area (Å²) in [6.45, 7) is 2.24. The molecule has 0 N–H and O–H groups in total. The van der Waals surface area contributed by atoms with Gasteiger partial charge in [-0.3, -0.25) is 0 Å². The lowest BCUT2D eigenvalue weighted by atomic mass is 10.1. The second-order valence-electron chi connectivity index (χ2n) is 5.92. The average Bonchev–Trinajstić information content (AvgIpc) is 2.94. The topological polar surface area (TPSA) is 0 Å². The van der Waals surface area contributed by atoms with Gasteiger partial charge in [0, 0.05) is 5.66 Å². The van der Waals surface area contributed by atoms with E-state index in [4.69, 9.17) is 0 Å². The summed E-state index contributed by atoms with van der Waals surface area (Å²) in [4.78, 5) is 0. The lowest BCUT2D eigenvalue weighted by Gasteiger charge is -2.25. The highest BCUT2D eigenvalue weighted by Gasteiger charge is 2.30. The number of hydrogen-bond acceptors (Lipinski definition) is 0. The largest absolute Gasteiger partial charge is 0.0686 e. The van der Waals surface area contributed by atoms with Gasteiger partial charge in [-0.05, 0) is 42.2 Å². The van der Waals surface area contributed by atoms with Crippen LogP contribution in [0.3, 0.4) is 0 Å². The van der Waals surface area contributed by atoms with Crippen molar-refractivity contribution < 1.29 is 0 Å². The Hall–Kier alpha value is -2.17. The van der Waals surface area contributed by atoms with E-state index in [2.05, 4.69) is 97.9 Å². The van der Waals surface area contributed by atoms with Gasteiger partial charge in [0.15, 0.2) is 0 Å². The molecule has 1 aliphatic carbocycles. The van der Waals surface area contributed by atoms with Crippen LogP contribution in [0.5, 0.6) is 0 Å². The van der Waals surface area contributed by atoms with Crippen LogP contribution in [-0.4, -0.2) is 0 Å². The Morgan fingerprint density at radius 2 is 1.17 bits per heavy atom. The molecule has 0 radical (unpaired) electrons. The molecule has 1 aliphatic rings. The molecule has 0 saturated heterocycles. The molecule has 0 amide bonds. The molecule has 4 rings (SSSR count). The molecule has 0 heterocycles. The van der Waals surface area contributed by atoms with Crippen molar-refractivity contribution in [1.29, 1.82) is 0 Å².